The lowest BCUT2D eigenvalue weighted by Crippen LogP contribution is -2.52. The largest absolute Gasteiger partial charge is 0.495 e. The highest BCUT2D eigenvalue weighted by Gasteiger charge is 2.26. The van der Waals surface area contributed by atoms with E-state index in [1.165, 1.54) is 5.69 Å². The number of amides is 1. The average molecular weight is 430 g/mol. The van der Waals surface area contributed by atoms with Gasteiger partial charge in [0.15, 0.2) is 0 Å². The van der Waals surface area contributed by atoms with Crippen molar-refractivity contribution in [3.8, 4) is 5.75 Å². The van der Waals surface area contributed by atoms with Crippen LogP contribution in [0.1, 0.15) is 6.92 Å². The number of hydrogen-bond acceptors (Lipinski definition) is 5. The molecule has 0 bridgehead atoms. The van der Waals surface area contributed by atoms with Crippen molar-refractivity contribution in [3.63, 3.8) is 0 Å². The fourth-order valence-corrected chi connectivity index (χ4v) is 4.43. The molecular weight excluding hydrogens is 402 g/mol. The first-order valence-corrected chi connectivity index (χ1v) is 11.0. The normalized spacial score (nSPS) is 15.8. The van der Waals surface area contributed by atoms with E-state index in [-0.39, 0.29) is 11.9 Å². The average Bonchev–Trinajstić information content (AvgIpc) is 3.21. The third-order valence-electron chi connectivity index (χ3n) is 6.32. The van der Waals surface area contributed by atoms with E-state index in [0.29, 0.717) is 11.4 Å². The van der Waals surface area contributed by atoms with E-state index in [9.17, 15) is 4.79 Å². The molecule has 1 fully saturated rings. The smallest absolute Gasteiger partial charge is 0.241 e. The molecule has 1 atom stereocenters. The monoisotopic (exact) mass is 429 g/mol. The molecule has 164 valence electrons. The first-order chi connectivity index (χ1) is 15.6. The third kappa shape index (κ3) is 3.78. The molecule has 1 aliphatic rings. The minimum Gasteiger partial charge on any atom is -0.495 e. The summed E-state index contributed by atoms with van der Waals surface area (Å²) in [6, 6.07) is 21.8. The number of hydrogen-bond donors (Lipinski definition) is 1. The van der Waals surface area contributed by atoms with Gasteiger partial charge in [-0.2, -0.15) is 0 Å². The van der Waals surface area contributed by atoms with E-state index >= 15 is 0 Å². The Morgan fingerprint density at radius 2 is 1.66 bits per heavy atom. The molecule has 0 aliphatic carbocycles. The molecule has 2 heterocycles. The number of ether oxygens (including phenoxy) is 1. The van der Waals surface area contributed by atoms with Crippen LogP contribution in [0, 0.1) is 0 Å². The van der Waals surface area contributed by atoms with E-state index in [0.717, 1.165) is 48.1 Å². The Morgan fingerprint density at radius 1 is 0.938 bits per heavy atom. The summed E-state index contributed by atoms with van der Waals surface area (Å²) in [6.07, 6.45) is 0. The molecule has 5 rings (SSSR count). The van der Waals surface area contributed by atoms with Crippen LogP contribution in [0.4, 0.5) is 11.4 Å². The van der Waals surface area contributed by atoms with Gasteiger partial charge in [0.05, 0.1) is 18.8 Å². The van der Waals surface area contributed by atoms with Crippen molar-refractivity contribution in [2.45, 2.75) is 13.0 Å². The van der Waals surface area contributed by atoms with Crippen LogP contribution in [0.5, 0.6) is 5.75 Å². The van der Waals surface area contributed by atoms with E-state index in [2.05, 4.69) is 39.4 Å². The van der Waals surface area contributed by atoms with Gasteiger partial charge in [0.25, 0.3) is 0 Å². The van der Waals surface area contributed by atoms with Gasteiger partial charge in [0, 0.05) is 48.7 Å². The van der Waals surface area contributed by atoms with E-state index in [4.69, 9.17) is 9.15 Å². The molecule has 1 aromatic heterocycles. The number of nitrogens with zero attached hydrogens (tertiary/aromatic N) is 2. The zero-order valence-corrected chi connectivity index (χ0v) is 18.4. The summed E-state index contributed by atoms with van der Waals surface area (Å²) < 4.78 is 11.6. The Labute approximate surface area is 187 Å². The molecular formula is C26H27N3O3. The van der Waals surface area contributed by atoms with Crippen molar-refractivity contribution in [2.75, 3.05) is 43.5 Å². The van der Waals surface area contributed by atoms with Crippen LogP contribution in [0.15, 0.2) is 71.1 Å². The van der Waals surface area contributed by atoms with Gasteiger partial charge in [-0.25, -0.2) is 0 Å². The van der Waals surface area contributed by atoms with Crippen LogP contribution < -0.4 is 15.0 Å². The van der Waals surface area contributed by atoms with Crippen LogP contribution >= 0.6 is 0 Å². The zero-order valence-electron chi connectivity index (χ0n) is 18.4. The van der Waals surface area contributed by atoms with Crippen LogP contribution in [0.25, 0.3) is 21.9 Å². The quantitative estimate of drug-likeness (QED) is 0.496. The Morgan fingerprint density at radius 3 is 2.41 bits per heavy atom. The minimum absolute atomic E-state index is 0.0491. The van der Waals surface area contributed by atoms with Gasteiger partial charge in [-0.3, -0.25) is 9.69 Å². The number of carbonyl (C=O) groups excluding carboxylic acids is 1. The highest BCUT2D eigenvalue weighted by molar-refractivity contribution is 6.08. The fraction of sp³-hybridized carbons (Fsp3) is 0.269. The highest BCUT2D eigenvalue weighted by Crippen LogP contribution is 2.36. The maximum absolute atomic E-state index is 13.1. The van der Waals surface area contributed by atoms with Crippen molar-refractivity contribution >= 4 is 39.2 Å². The molecule has 0 saturated carbocycles. The second-order valence-corrected chi connectivity index (χ2v) is 8.17. The lowest BCUT2D eigenvalue weighted by atomic mass is 10.1. The molecule has 32 heavy (non-hydrogen) atoms. The lowest BCUT2D eigenvalue weighted by molar-refractivity contribution is -0.120. The predicted octanol–water partition coefficient (Wildman–Crippen LogP) is 4.74. The van der Waals surface area contributed by atoms with Crippen molar-refractivity contribution < 1.29 is 13.9 Å². The minimum atomic E-state index is -0.246. The van der Waals surface area contributed by atoms with Gasteiger partial charge in [-0.15, -0.1) is 0 Å². The molecule has 3 aromatic carbocycles. The maximum atomic E-state index is 13.1. The Bertz CT molecular complexity index is 1240. The predicted molar refractivity (Wildman–Crippen MR) is 129 cm³/mol. The SMILES string of the molecule is COc1cc2c(cc1NC(=O)[C@@H](C)N1CCN(c3ccccc3)CC1)oc1ccccc12. The summed E-state index contributed by atoms with van der Waals surface area (Å²) in [7, 11) is 1.62. The number of carbonyl (C=O) groups is 1. The highest BCUT2D eigenvalue weighted by atomic mass is 16.5. The standard InChI is InChI=1S/C26H27N3O3/c1-18(28-12-14-29(15-13-28)19-8-4-3-5-9-19)26(30)27-22-17-24-21(16-25(22)31-2)20-10-6-7-11-23(20)32-24/h3-11,16-18H,12-15H2,1-2H3,(H,27,30)/t18-/m1/s1. The molecule has 1 amide bonds. The van der Waals surface area contributed by atoms with Crippen molar-refractivity contribution in [2.24, 2.45) is 0 Å². The molecule has 0 unspecified atom stereocenters. The Hall–Kier alpha value is -3.51. The van der Waals surface area contributed by atoms with Crippen molar-refractivity contribution in [1.29, 1.82) is 0 Å². The lowest BCUT2D eigenvalue weighted by Gasteiger charge is -2.38. The van der Waals surface area contributed by atoms with Crippen LogP contribution in [-0.4, -0.2) is 50.1 Å². The molecule has 1 N–H and O–H groups in total. The van der Waals surface area contributed by atoms with Gasteiger partial charge in [0.2, 0.25) is 5.91 Å². The van der Waals surface area contributed by atoms with E-state index < -0.39 is 0 Å². The maximum Gasteiger partial charge on any atom is 0.241 e. The van der Waals surface area contributed by atoms with Crippen LogP contribution in [0.3, 0.4) is 0 Å². The number of fused-ring (bicyclic) bond motifs is 3. The molecule has 1 aliphatic heterocycles. The van der Waals surface area contributed by atoms with Gasteiger partial charge < -0.3 is 19.4 Å². The van der Waals surface area contributed by atoms with Crippen molar-refractivity contribution in [1.82, 2.24) is 4.90 Å². The molecule has 6 heteroatoms. The summed E-state index contributed by atoms with van der Waals surface area (Å²) in [4.78, 5) is 17.7. The summed E-state index contributed by atoms with van der Waals surface area (Å²) in [5.74, 6) is 0.574. The summed E-state index contributed by atoms with van der Waals surface area (Å²) in [5, 5.41) is 5.06. The fourth-order valence-electron chi connectivity index (χ4n) is 4.43. The van der Waals surface area contributed by atoms with Crippen LogP contribution in [-0.2, 0) is 4.79 Å². The van der Waals surface area contributed by atoms with Gasteiger partial charge in [-0.1, -0.05) is 36.4 Å². The van der Waals surface area contributed by atoms with Crippen molar-refractivity contribution in [3.05, 3.63) is 66.7 Å². The Balaban J connectivity index is 1.30. The summed E-state index contributed by atoms with van der Waals surface area (Å²) >= 11 is 0. The number of benzene rings is 3. The number of methoxy groups -OCH3 is 1. The first kappa shape index (κ1) is 20.4. The zero-order chi connectivity index (χ0) is 22.1. The number of anilines is 2. The topological polar surface area (TPSA) is 58.0 Å². The Kier molecular flexibility index (Phi) is 5.45. The number of furan rings is 1. The second kappa shape index (κ2) is 8.55. The molecule has 6 nitrogen and oxygen atoms in total. The summed E-state index contributed by atoms with van der Waals surface area (Å²) in [6.45, 7) is 5.43. The van der Waals surface area contributed by atoms with Gasteiger partial charge in [0.1, 0.15) is 16.9 Å². The molecule has 1 saturated heterocycles. The number of nitrogens with one attached hydrogen (secondary N) is 1. The van der Waals surface area contributed by atoms with Gasteiger partial charge in [-0.05, 0) is 31.2 Å². The van der Waals surface area contributed by atoms with Gasteiger partial charge >= 0.3 is 0 Å². The van der Waals surface area contributed by atoms with E-state index in [1.807, 2.05) is 49.4 Å². The van der Waals surface area contributed by atoms with E-state index in [1.54, 1.807) is 7.11 Å². The second-order valence-electron chi connectivity index (χ2n) is 8.17. The number of para-hydroxylation sites is 2. The molecule has 0 spiro atoms. The first-order valence-electron chi connectivity index (χ1n) is 11.0. The third-order valence-corrected chi connectivity index (χ3v) is 6.32. The number of piperazine rings is 1. The summed E-state index contributed by atoms with van der Waals surface area (Å²) in [5.41, 5.74) is 3.40. The number of rotatable bonds is 5. The molecule has 0 radical (unpaired) electrons. The molecule has 4 aromatic rings. The van der Waals surface area contributed by atoms with Crippen LogP contribution in [0.2, 0.25) is 0 Å².